The van der Waals surface area contributed by atoms with Gasteiger partial charge in [0.05, 0.1) is 6.54 Å². The highest BCUT2D eigenvalue weighted by Crippen LogP contribution is 2.21. The van der Waals surface area contributed by atoms with Crippen molar-refractivity contribution in [1.82, 2.24) is 5.23 Å². The summed E-state index contributed by atoms with van der Waals surface area (Å²) in [6.07, 6.45) is 0.757. The van der Waals surface area contributed by atoms with Crippen molar-refractivity contribution in [3.8, 4) is 0 Å². The van der Waals surface area contributed by atoms with Crippen LogP contribution in [0.3, 0.4) is 0 Å². The van der Waals surface area contributed by atoms with Gasteiger partial charge < -0.3 is 0 Å². The maximum Gasteiger partial charge on any atom is 0.697 e. The molecule has 0 aliphatic rings. The molecule has 0 aromatic heterocycles. The van der Waals surface area contributed by atoms with Crippen molar-refractivity contribution in [3.05, 3.63) is 0 Å². The molecule has 0 radical (unpaired) electrons. The first kappa shape index (κ1) is 16.3. The fraction of sp³-hybridized carbons (Fsp3) is 1.00. The van der Waals surface area contributed by atoms with Crippen LogP contribution in [0.15, 0.2) is 0 Å². The summed E-state index contributed by atoms with van der Waals surface area (Å²) in [4.78, 5) is 0. The van der Waals surface area contributed by atoms with Crippen LogP contribution in [0.4, 0.5) is 0 Å². The van der Waals surface area contributed by atoms with Crippen molar-refractivity contribution in [2.45, 2.75) is 27.2 Å². The highest BCUT2D eigenvalue weighted by Gasteiger charge is 2.15. The van der Waals surface area contributed by atoms with Gasteiger partial charge >= 0.3 is 8.25 Å². The molecule has 6 nitrogen and oxygen atoms in total. The first-order chi connectivity index (χ1) is 6.58. The molecule has 7 heteroatoms. The van der Waals surface area contributed by atoms with Gasteiger partial charge in [-0.05, 0) is 20.3 Å². The molecule has 0 heterocycles. The van der Waals surface area contributed by atoms with Gasteiger partial charge in [-0.3, -0.25) is 10.4 Å². The highest BCUT2D eigenvalue weighted by molar-refractivity contribution is 7.33. The minimum atomic E-state index is -1.83. The summed E-state index contributed by atoms with van der Waals surface area (Å²) in [7, 11) is -1.83. The smallest absolute Gasteiger partial charge is 0.290 e. The molecule has 0 saturated heterocycles. The molecule has 0 unspecified atom stereocenters. The Balaban J connectivity index is 0. The summed E-state index contributed by atoms with van der Waals surface area (Å²) in [6.45, 7) is 6.60. The predicted octanol–water partition coefficient (Wildman–Crippen LogP) is 2.19. The zero-order valence-corrected chi connectivity index (χ0v) is 9.74. The monoisotopic (exact) mass is 228 g/mol. The Hall–Kier alpha value is -0.100. The Morgan fingerprint density at radius 1 is 1.14 bits per heavy atom. The number of hydrogen-bond acceptors (Lipinski definition) is 6. The minimum absolute atomic E-state index is 0.181. The number of hydroxylamine groups is 2. The lowest BCUT2D eigenvalue weighted by atomic mass is 10.5. The average Bonchev–Trinajstić information content (AvgIpc) is 2.05. The molecule has 0 amide bonds. The van der Waals surface area contributed by atoms with E-state index in [1.165, 1.54) is 0 Å². The third-order valence-electron chi connectivity index (χ3n) is 0.893. The molecule has 14 heavy (non-hydrogen) atoms. The largest absolute Gasteiger partial charge is 0.697 e. The van der Waals surface area contributed by atoms with E-state index in [4.69, 9.17) is 10.4 Å². The second-order valence-corrected chi connectivity index (χ2v) is 3.12. The fourth-order valence-corrected chi connectivity index (χ4v) is 0.944. The second-order valence-electron chi connectivity index (χ2n) is 2.16. The van der Waals surface area contributed by atoms with E-state index in [-0.39, 0.29) is 5.23 Å². The van der Waals surface area contributed by atoms with Crippen LogP contribution in [0, 0.1) is 0 Å². The lowest BCUT2D eigenvalue weighted by Crippen LogP contribution is -2.13. The topological polar surface area (TPSA) is 79.2 Å². The summed E-state index contributed by atoms with van der Waals surface area (Å²) in [5, 5.41) is 16.1. The van der Waals surface area contributed by atoms with Crippen LogP contribution in [0.2, 0.25) is 0 Å². The Morgan fingerprint density at radius 2 is 1.57 bits per heavy atom. The van der Waals surface area contributed by atoms with Gasteiger partial charge in [-0.1, -0.05) is 12.2 Å². The van der Waals surface area contributed by atoms with Crippen LogP contribution in [-0.4, -0.2) is 35.4 Å². The molecular weight excluding hydrogens is 209 g/mol. The maximum absolute atomic E-state index is 10.3. The van der Waals surface area contributed by atoms with Crippen LogP contribution in [-0.2, 0) is 13.6 Å². The summed E-state index contributed by atoms with van der Waals surface area (Å²) in [5.74, 6) is 0. The van der Waals surface area contributed by atoms with Gasteiger partial charge in [0.25, 0.3) is 0 Å². The quantitative estimate of drug-likeness (QED) is 0.536. The Kier molecular flexibility index (Phi) is 15.1. The first-order valence-corrected chi connectivity index (χ1v) is 5.56. The van der Waals surface area contributed by atoms with Crippen LogP contribution < -0.4 is 0 Å². The van der Waals surface area contributed by atoms with Gasteiger partial charge in [-0.2, -0.15) is 0 Å². The molecule has 0 aromatic carbocycles. The SMILES string of the molecule is CCCN(O)O.CCO[P+](=O)OCC. The Labute approximate surface area is 85.3 Å². The third kappa shape index (κ3) is 17.8. The van der Waals surface area contributed by atoms with Crippen molar-refractivity contribution in [1.29, 1.82) is 0 Å². The van der Waals surface area contributed by atoms with Gasteiger partial charge in [0.2, 0.25) is 0 Å². The summed E-state index contributed by atoms with van der Waals surface area (Å²) < 4.78 is 19.5. The van der Waals surface area contributed by atoms with Gasteiger partial charge in [-0.25, -0.2) is 0 Å². The molecule has 0 aromatic rings. The average molecular weight is 228 g/mol. The van der Waals surface area contributed by atoms with Crippen LogP contribution in [0.25, 0.3) is 0 Å². The number of rotatable bonds is 6. The van der Waals surface area contributed by atoms with Crippen molar-refractivity contribution < 1.29 is 24.0 Å². The number of nitrogens with zero attached hydrogens (tertiary/aromatic N) is 1. The first-order valence-electron chi connectivity index (χ1n) is 4.46. The van der Waals surface area contributed by atoms with Gasteiger partial charge in [0.15, 0.2) is 0 Å². The predicted molar refractivity (Wildman–Crippen MR) is 51.4 cm³/mol. The van der Waals surface area contributed by atoms with Gasteiger partial charge in [0.1, 0.15) is 13.2 Å². The van der Waals surface area contributed by atoms with Crippen molar-refractivity contribution in [3.63, 3.8) is 0 Å². The highest BCUT2D eigenvalue weighted by atomic mass is 31.1. The van der Waals surface area contributed by atoms with E-state index < -0.39 is 8.25 Å². The fourth-order valence-electron chi connectivity index (χ4n) is 0.448. The second kappa shape index (κ2) is 12.9. The molecule has 2 N–H and O–H groups in total. The molecule has 0 saturated carbocycles. The van der Waals surface area contributed by atoms with E-state index in [0.717, 1.165) is 6.42 Å². The van der Waals surface area contributed by atoms with E-state index >= 15 is 0 Å². The molecule has 0 atom stereocenters. The van der Waals surface area contributed by atoms with Crippen LogP contribution >= 0.6 is 8.25 Å². The van der Waals surface area contributed by atoms with E-state index in [1.54, 1.807) is 13.8 Å². The zero-order chi connectivity index (χ0) is 11.4. The Morgan fingerprint density at radius 3 is 1.71 bits per heavy atom. The van der Waals surface area contributed by atoms with Crippen molar-refractivity contribution in [2.75, 3.05) is 19.8 Å². The van der Waals surface area contributed by atoms with Crippen molar-refractivity contribution >= 4 is 8.25 Å². The van der Waals surface area contributed by atoms with Crippen LogP contribution in [0.1, 0.15) is 27.2 Å². The van der Waals surface area contributed by atoms with Gasteiger partial charge in [0, 0.05) is 4.57 Å². The summed E-state index contributed by atoms with van der Waals surface area (Å²) >= 11 is 0. The number of hydrogen-bond donors (Lipinski definition) is 2. The van der Waals surface area contributed by atoms with E-state index in [2.05, 4.69) is 9.05 Å². The van der Waals surface area contributed by atoms with Crippen LogP contribution in [0.5, 0.6) is 0 Å². The molecule has 86 valence electrons. The molecule has 0 bridgehead atoms. The van der Waals surface area contributed by atoms with E-state index in [1.807, 2.05) is 6.92 Å². The minimum Gasteiger partial charge on any atom is -0.290 e. The van der Waals surface area contributed by atoms with Crippen molar-refractivity contribution in [2.24, 2.45) is 0 Å². The zero-order valence-electron chi connectivity index (χ0n) is 8.84. The van der Waals surface area contributed by atoms with E-state index in [9.17, 15) is 4.57 Å². The molecule has 0 rings (SSSR count). The van der Waals surface area contributed by atoms with Gasteiger partial charge in [-0.15, -0.1) is 9.05 Å². The summed E-state index contributed by atoms with van der Waals surface area (Å²) in [6, 6.07) is 0. The molecule has 0 aliphatic heterocycles. The molecule has 0 fully saturated rings. The van der Waals surface area contributed by atoms with E-state index in [0.29, 0.717) is 19.8 Å². The normalized spacial score (nSPS) is 9.57. The molecule has 0 spiro atoms. The summed E-state index contributed by atoms with van der Waals surface area (Å²) in [5.41, 5.74) is 0. The lowest BCUT2D eigenvalue weighted by molar-refractivity contribution is -0.306. The lowest BCUT2D eigenvalue weighted by Gasteiger charge is -1.99. The molecular formula is C7H19NO5P+. The Bertz CT molecular complexity index is 125. The maximum atomic E-state index is 10.3. The standard InChI is InChI=1S/C4H10O3P.C3H9NO2/c1-3-6-8(5)7-4-2;1-2-3-4(5)6/h3-4H2,1-2H3;5-6H,2-3H2,1H3/q+1;. The third-order valence-corrected chi connectivity index (χ3v) is 1.83. The molecule has 0 aliphatic carbocycles.